The summed E-state index contributed by atoms with van der Waals surface area (Å²) in [6.45, 7) is 3.49. The summed E-state index contributed by atoms with van der Waals surface area (Å²) in [5.74, 6) is -1.57. The molecule has 27 heavy (non-hydrogen) atoms. The molecule has 0 aliphatic carbocycles. The minimum Gasteiger partial charge on any atom is -0.481 e. The van der Waals surface area contributed by atoms with Gasteiger partial charge in [0.05, 0.1) is 7.11 Å². The van der Waals surface area contributed by atoms with Crippen molar-refractivity contribution in [1.29, 1.82) is 0 Å². The van der Waals surface area contributed by atoms with Crippen molar-refractivity contribution in [2.24, 2.45) is 0 Å². The number of esters is 2. The molecule has 0 aromatic carbocycles. The Hall–Kier alpha value is -2.37. The Morgan fingerprint density at radius 1 is 1.11 bits per heavy atom. The molecule has 0 spiro atoms. The van der Waals surface area contributed by atoms with Gasteiger partial charge >= 0.3 is 17.9 Å². The minimum absolute atomic E-state index is 0.127. The zero-order chi connectivity index (χ0) is 20.5. The van der Waals surface area contributed by atoms with Gasteiger partial charge in [-0.2, -0.15) is 0 Å². The van der Waals surface area contributed by atoms with Crippen molar-refractivity contribution in [3.63, 3.8) is 0 Å². The summed E-state index contributed by atoms with van der Waals surface area (Å²) in [6.07, 6.45) is 14.1. The second-order valence-corrected chi connectivity index (χ2v) is 6.17. The molecule has 0 bridgehead atoms. The number of aliphatic carboxylic acids is 1. The van der Waals surface area contributed by atoms with Crippen LogP contribution in [0.25, 0.3) is 0 Å². The van der Waals surface area contributed by atoms with Crippen LogP contribution in [-0.4, -0.2) is 36.2 Å². The Balaban J connectivity index is 4.78. The highest BCUT2D eigenvalue weighted by Crippen LogP contribution is 2.11. The van der Waals surface area contributed by atoms with Crippen LogP contribution in [0.5, 0.6) is 0 Å². The average Bonchev–Trinajstić information content (AvgIpc) is 2.61. The van der Waals surface area contributed by atoms with Gasteiger partial charge in [-0.05, 0) is 38.2 Å². The summed E-state index contributed by atoms with van der Waals surface area (Å²) in [6, 6.07) is 0. The molecule has 0 saturated carbocycles. The van der Waals surface area contributed by atoms with E-state index in [1.165, 1.54) is 14.0 Å². The summed E-state index contributed by atoms with van der Waals surface area (Å²) in [5, 5.41) is 8.59. The monoisotopic (exact) mass is 380 g/mol. The summed E-state index contributed by atoms with van der Waals surface area (Å²) < 4.78 is 10.1. The lowest BCUT2D eigenvalue weighted by Crippen LogP contribution is -2.13. The second kappa shape index (κ2) is 15.9. The molecule has 0 radical (unpaired) electrons. The van der Waals surface area contributed by atoms with Crippen LogP contribution in [-0.2, 0) is 23.9 Å². The fourth-order valence-electron chi connectivity index (χ4n) is 2.35. The first kappa shape index (κ1) is 24.6. The van der Waals surface area contributed by atoms with Crippen molar-refractivity contribution >= 4 is 17.9 Å². The first-order valence-corrected chi connectivity index (χ1v) is 9.40. The molecule has 1 N–H and O–H groups in total. The SMILES string of the molecule is CCCCCC(/C=C/C=C(\C/C=C\CCCC(=O)O)C(=O)OC)OC(C)=O. The topological polar surface area (TPSA) is 89.9 Å². The van der Waals surface area contributed by atoms with Gasteiger partial charge in [0.2, 0.25) is 0 Å². The van der Waals surface area contributed by atoms with Gasteiger partial charge in [0.15, 0.2) is 0 Å². The van der Waals surface area contributed by atoms with Gasteiger partial charge in [0.25, 0.3) is 0 Å². The lowest BCUT2D eigenvalue weighted by Gasteiger charge is -2.12. The van der Waals surface area contributed by atoms with E-state index in [1.807, 2.05) is 12.2 Å². The summed E-state index contributed by atoms with van der Waals surface area (Å²) in [5.41, 5.74) is 0.471. The lowest BCUT2D eigenvalue weighted by molar-refractivity contribution is -0.144. The fraction of sp³-hybridized carbons (Fsp3) is 0.571. The second-order valence-electron chi connectivity index (χ2n) is 6.17. The van der Waals surface area contributed by atoms with E-state index in [4.69, 9.17) is 14.6 Å². The zero-order valence-corrected chi connectivity index (χ0v) is 16.6. The first-order chi connectivity index (χ1) is 12.9. The summed E-state index contributed by atoms with van der Waals surface area (Å²) >= 11 is 0. The highest BCUT2D eigenvalue weighted by atomic mass is 16.5. The van der Waals surface area contributed by atoms with Crippen LogP contribution in [0, 0.1) is 0 Å². The van der Waals surface area contributed by atoms with Crippen molar-refractivity contribution < 1.29 is 29.0 Å². The van der Waals surface area contributed by atoms with Crippen LogP contribution in [0.1, 0.15) is 65.2 Å². The normalized spacial score (nSPS) is 13.1. The number of unbranched alkanes of at least 4 members (excludes halogenated alkanes) is 3. The van der Waals surface area contributed by atoms with Gasteiger partial charge < -0.3 is 14.6 Å². The number of allylic oxidation sites excluding steroid dienone is 4. The molecule has 0 aromatic rings. The third-order valence-corrected chi connectivity index (χ3v) is 3.75. The van der Waals surface area contributed by atoms with Gasteiger partial charge in [0, 0.05) is 18.9 Å². The minimum atomic E-state index is -0.815. The van der Waals surface area contributed by atoms with Crippen molar-refractivity contribution in [1.82, 2.24) is 0 Å². The maximum absolute atomic E-state index is 11.9. The van der Waals surface area contributed by atoms with Gasteiger partial charge in [-0.25, -0.2) is 4.79 Å². The fourth-order valence-corrected chi connectivity index (χ4v) is 2.35. The van der Waals surface area contributed by atoms with E-state index in [2.05, 4.69) is 6.92 Å². The molecular weight excluding hydrogens is 348 g/mol. The number of carboxylic acid groups (broad SMARTS) is 1. The molecule has 152 valence electrons. The van der Waals surface area contributed by atoms with Gasteiger partial charge in [-0.1, -0.05) is 44.1 Å². The molecule has 6 heteroatoms. The Morgan fingerprint density at radius 2 is 1.85 bits per heavy atom. The van der Waals surface area contributed by atoms with E-state index in [-0.39, 0.29) is 18.5 Å². The number of carbonyl (C=O) groups is 3. The van der Waals surface area contributed by atoms with Crippen molar-refractivity contribution in [2.75, 3.05) is 7.11 Å². The first-order valence-electron chi connectivity index (χ1n) is 9.40. The van der Waals surface area contributed by atoms with Crippen LogP contribution < -0.4 is 0 Å². The molecule has 1 atom stereocenters. The van der Waals surface area contributed by atoms with Gasteiger partial charge in [0.1, 0.15) is 6.10 Å². The molecule has 1 unspecified atom stereocenters. The molecule has 0 fully saturated rings. The number of carboxylic acids is 1. The van der Waals surface area contributed by atoms with Crippen molar-refractivity contribution in [2.45, 2.75) is 71.3 Å². The predicted molar refractivity (Wildman–Crippen MR) is 104 cm³/mol. The number of methoxy groups -OCH3 is 1. The Bertz CT molecular complexity index is 545. The zero-order valence-electron chi connectivity index (χ0n) is 16.6. The average molecular weight is 380 g/mol. The Kier molecular flexibility index (Phi) is 14.5. The summed E-state index contributed by atoms with van der Waals surface area (Å²) in [7, 11) is 1.32. The Labute approximate surface area is 161 Å². The number of hydrogen-bond donors (Lipinski definition) is 1. The summed E-state index contributed by atoms with van der Waals surface area (Å²) in [4.78, 5) is 33.5. The molecule has 0 aliphatic heterocycles. The van der Waals surface area contributed by atoms with Gasteiger partial charge in [-0.15, -0.1) is 0 Å². The lowest BCUT2D eigenvalue weighted by atomic mass is 10.1. The maximum atomic E-state index is 11.9. The quantitative estimate of drug-likeness (QED) is 0.158. The third-order valence-electron chi connectivity index (χ3n) is 3.75. The van der Waals surface area contributed by atoms with E-state index in [9.17, 15) is 14.4 Å². The van der Waals surface area contributed by atoms with Crippen LogP contribution in [0.3, 0.4) is 0 Å². The molecule has 6 nitrogen and oxygen atoms in total. The van der Waals surface area contributed by atoms with Crippen LogP contribution in [0.4, 0.5) is 0 Å². The number of ether oxygens (including phenoxy) is 2. The third kappa shape index (κ3) is 14.5. The maximum Gasteiger partial charge on any atom is 0.334 e. The molecule has 0 aliphatic rings. The molecule has 0 amide bonds. The van der Waals surface area contributed by atoms with Crippen molar-refractivity contribution in [3.8, 4) is 0 Å². The highest BCUT2D eigenvalue weighted by molar-refractivity contribution is 5.89. The molecule has 0 rings (SSSR count). The van der Waals surface area contributed by atoms with Crippen LogP contribution in [0.2, 0.25) is 0 Å². The molecular formula is C21H32O6. The number of carbonyl (C=O) groups excluding carboxylic acids is 2. The van der Waals surface area contributed by atoms with E-state index in [0.717, 1.165) is 25.7 Å². The largest absolute Gasteiger partial charge is 0.481 e. The van der Waals surface area contributed by atoms with Gasteiger partial charge in [-0.3, -0.25) is 9.59 Å². The van der Waals surface area contributed by atoms with E-state index in [1.54, 1.807) is 18.2 Å². The number of rotatable bonds is 14. The van der Waals surface area contributed by atoms with E-state index >= 15 is 0 Å². The standard InChI is InChI=1S/C21H32O6/c1-4-5-8-14-19(27-17(2)22)15-11-13-18(21(25)26-3)12-9-6-7-10-16-20(23)24/h6,9,11,13,15,19H,4-5,7-8,10,12,14,16H2,1-3H3,(H,23,24)/b9-6-,15-11+,18-13+. The predicted octanol–water partition coefficient (Wildman–Crippen LogP) is 4.36. The number of hydrogen-bond acceptors (Lipinski definition) is 5. The molecule has 0 aromatic heterocycles. The highest BCUT2D eigenvalue weighted by Gasteiger charge is 2.09. The van der Waals surface area contributed by atoms with E-state index < -0.39 is 11.9 Å². The van der Waals surface area contributed by atoms with Crippen LogP contribution >= 0.6 is 0 Å². The molecule has 0 heterocycles. The molecule has 0 saturated heterocycles. The van der Waals surface area contributed by atoms with Crippen molar-refractivity contribution in [3.05, 3.63) is 36.0 Å². The Morgan fingerprint density at radius 3 is 2.44 bits per heavy atom. The van der Waals surface area contributed by atoms with Crippen LogP contribution in [0.15, 0.2) is 36.0 Å². The van der Waals surface area contributed by atoms with E-state index in [0.29, 0.717) is 24.8 Å². The smallest absolute Gasteiger partial charge is 0.334 e.